The summed E-state index contributed by atoms with van der Waals surface area (Å²) in [6.07, 6.45) is 2.18. The lowest BCUT2D eigenvalue weighted by Gasteiger charge is -2.18. The predicted molar refractivity (Wildman–Crippen MR) is 86.6 cm³/mol. The van der Waals surface area contributed by atoms with Crippen LogP contribution < -0.4 is 15.4 Å². The zero-order valence-electron chi connectivity index (χ0n) is 13.6. The summed E-state index contributed by atoms with van der Waals surface area (Å²) in [5, 5.41) is 5.90. The molecule has 0 aliphatic carbocycles. The first-order valence-corrected chi connectivity index (χ1v) is 7.87. The maximum atomic E-state index is 11.9. The van der Waals surface area contributed by atoms with Crippen LogP contribution in [0, 0.1) is 5.92 Å². The van der Waals surface area contributed by atoms with Crippen LogP contribution in [0.1, 0.15) is 52.1 Å². The molecule has 1 aromatic carbocycles. The summed E-state index contributed by atoms with van der Waals surface area (Å²) < 4.78 is 5.41. The molecule has 1 unspecified atom stereocenters. The first-order chi connectivity index (χ1) is 10.1. The number of hydrogen-bond acceptors (Lipinski definition) is 2. The predicted octanol–water partition coefficient (Wildman–Crippen LogP) is 3.88. The second-order valence-electron chi connectivity index (χ2n) is 5.26. The van der Waals surface area contributed by atoms with Gasteiger partial charge in [-0.25, -0.2) is 4.79 Å². The highest BCUT2D eigenvalue weighted by molar-refractivity contribution is 5.74. The molecule has 0 saturated heterocycles. The van der Waals surface area contributed by atoms with Crippen molar-refractivity contribution in [1.29, 1.82) is 0 Å². The number of urea groups is 1. The van der Waals surface area contributed by atoms with Crippen molar-refractivity contribution in [3.8, 4) is 5.75 Å². The van der Waals surface area contributed by atoms with Gasteiger partial charge in [-0.3, -0.25) is 0 Å². The van der Waals surface area contributed by atoms with Crippen LogP contribution in [-0.4, -0.2) is 19.2 Å². The van der Waals surface area contributed by atoms with E-state index in [1.54, 1.807) is 0 Å². The minimum atomic E-state index is -0.108. The molecule has 4 nitrogen and oxygen atoms in total. The molecule has 0 saturated carbocycles. The summed E-state index contributed by atoms with van der Waals surface area (Å²) in [6.45, 7) is 9.63. The van der Waals surface area contributed by atoms with Crippen LogP contribution in [0.25, 0.3) is 0 Å². The van der Waals surface area contributed by atoms with E-state index in [4.69, 9.17) is 4.74 Å². The van der Waals surface area contributed by atoms with Gasteiger partial charge in [-0.15, -0.1) is 0 Å². The Labute approximate surface area is 128 Å². The maximum absolute atomic E-state index is 11.9. The van der Waals surface area contributed by atoms with Gasteiger partial charge in [0.25, 0.3) is 0 Å². The molecule has 118 valence electrons. The van der Waals surface area contributed by atoms with Gasteiger partial charge in [0, 0.05) is 6.54 Å². The Balaban J connectivity index is 2.44. The van der Waals surface area contributed by atoms with Gasteiger partial charge < -0.3 is 15.4 Å². The molecular formula is C17H28N2O2. The average Bonchev–Trinajstić information content (AvgIpc) is 2.49. The molecule has 1 atom stereocenters. The number of carbonyl (C=O) groups is 1. The van der Waals surface area contributed by atoms with E-state index in [2.05, 4.69) is 24.5 Å². The van der Waals surface area contributed by atoms with Crippen LogP contribution in [0.4, 0.5) is 4.79 Å². The van der Waals surface area contributed by atoms with Gasteiger partial charge in [-0.1, -0.05) is 38.8 Å². The first-order valence-electron chi connectivity index (χ1n) is 7.87. The normalized spacial score (nSPS) is 12.0. The third-order valence-electron chi connectivity index (χ3n) is 3.74. The molecule has 2 N–H and O–H groups in total. The lowest BCUT2D eigenvalue weighted by atomic mass is 10.0. The largest absolute Gasteiger partial charge is 0.494 e. The van der Waals surface area contributed by atoms with Crippen molar-refractivity contribution >= 4 is 6.03 Å². The lowest BCUT2D eigenvalue weighted by molar-refractivity contribution is 0.235. The second-order valence-corrected chi connectivity index (χ2v) is 5.26. The molecule has 0 bridgehead atoms. The van der Waals surface area contributed by atoms with Gasteiger partial charge in [-0.2, -0.15) is 0 Å². The minimum absolute atomic E-state index is 0.0256. The Bertz CT molecular complexity index is 413. The Morgan fingerprint density at radius 3 is 2.29 bits per heavy atom. The van der Waals surface area contributed by atoms with Crippen LogP contribution >= 0.6 is 0 Å². The van der Waals surface area contributed by atoms with Crippen molar-refractivity contribution in [2.24, 2.45) is 5.92 Å². The van der Waals surface area contributed by atoms with Crippen molar-refractivity contribution in [1.82, 2.24) is 10.6 Å². The highest BCUT2D eigenvalue weighted by Gasteiger charge is 2.11. The van der Waals surface area contributed by atoms with Crippen LogP contribution in [0.3, 0.4) is 0 Å². The highest BCUT2D eigenvalue weighted by atomic mass is 16.5. The van der Waals surface area contributed by atoms with E-state index >= 15 is 0 Å². The van der Waals surface area contributed by atoms with E-state index in [0.29, 0.717) is 12.5 Å². The molecule has 1 rings (SSSR count). The van der Waals surface area contributed by atoms with Crippen LogP contribution in [0.15, 0.2) is 24.3 Å². The summed E-state index contributed by atoms with van der Waals surface area (Å²) in [5.74, 6) is 1.41. The van der Waals surface area contributed by atoms with Gasteiger partial charge in [0.1, 0.15) is 5.75 Å². The third-order valence-corrected chi connectivity index (χ3v) is 3.74. The number of hydrogen-bond donors (Lipinski definition) is 2. The minimum Gasteiger partial charge on any atom is -0.494 e. The summed E-state index contributed by atoms with van der Waals surface area (Å²) in [5.41, 5.74) is 1.07. The molecule has 0 aliphatic heterocycles. The zero-order valence-corrected chi connectivity index (χ0v) is 13.6. The fourth-order valence-electron chi connectivity index (χ4n) is 2.16. The van der Waals surface area contributed by atoms with E-state index in [-0.39, 0.29) is 12.1 Å². The second kappa shape index (κ2) is 9.27. The molecule has 0 aromatic heterocycles. The molecule has 2 amide bonds. The lowest BCUT2D eigenvalue weighted by Crippen LogP contribution is -2.39. The summed E-state index contributed by atoms with van der Waals surface area (Å²) in [4.78, 5) is 11.9. The Morgan fingerprint density at radius 1 is 1.14 bits per heavy atom. The topological polar surface area (TPSA) is 50.4 Å². The first kappa shape index (κ1) is 17.3. The van der Waals surface area contributed by atoms with Gasteiger partial charge in [-0.05, 0) is 37.5 Å². The number of nitrogens with one attached hydrogen (secondary N) is 2. The quantitative estimate of drug-likeness (QED) is 0.764. The van der Waals surface area contributed by atoms with E-state index in [1.165, 1.54) is 0 Å². The number of amides is 2. The van der Waals surface area contributed by atoms with Crippen molar-refractivity contribution in [3.05, 3.63) is 29.8 Å². The maximum Gasteiger partial charge on any atom is 0.315 e. The molecule has 0 aliphatic rings. The smallest absolute Gasteiger partial charge is 0.315 e. The standard InChI is InChI=1S/C17H28N2O2/c1-5-14(6-2)12-18-17(20)19-13(4)15-8-10-16(11-9-15)21-7-3/h8-11,13-14H,5-7,12H2,1-4H3,(H2,18,19,20). The number of benzene rings is 1. The zero-order chi connectivity index (χ0) is 15.7. The molecule has 0 radical (unpaired) electrons. The monoisotopic (exact) mass is 292 g/mol. The third kappa shape index (κ3) is 6.06. The highest BCUT2D eigenvalue weighted by Crippen LogP contribution is 2.17. The Kier molecular flexibility index (Phi) is 7.65. The molecular weight excluding hydrogens is 264 g/mol. The molecule has 0 fully saturated rings. The summed E-state index contributed by atoms with van der Waals surface area (Å²) in [6, 6.07) is 7.69. The van der Waals surface area contributed by atoms with Gasteiger partial charge >= 0.3 is 6.03 Å². The fourth-order valence-corrected chi connectivity index (χ4v) is 2.16. The average molecular weight is 292 g/mol. The van der Waals surface area contributed by atoms with E-state index in [9.17, 15) is 4.79 Å². The van der Waals surface area contributed by atoms with Crippen molar-refractivity contribution in [3.63, 3.8) is 0 Å². The molecule has 0 spiro atoms. The van der Waals surface area contributed by atoms with E-state index < -0.39 is 0 Å². The summed E-state index contributed by atoms with van der Waals surface area (Å²) in [7, 11) is 0. The van der Waals surface area contributed by atoms with Crippen LogP contribution in [0.2, 0.25) is 0 Å². The van der Waals surface area contributed by atoms with E-state index in [0.717, 1.165) is 30.7 Å². The Morgan fingerprint density at radius 2 is 1.76 bits per heavy atom. The molecule has 1 aromatic rings. The Hall–Kier alpha value is -1.71. The van der Waals surface area contributed by atoms with Gasteiger partial charge in [0.15, 0.2) is 0 Å². The molecule has 21 heavy (non-hydrogen) atoms. The van der Waals surface area contributed by atoms with Crippen molar-refractivity contribution in [2.75, 3.05) is 13.2 Å². The number of rotatable bonds is 8. The van der Waals surface area contributed by atoms with Crippen LogP contribution in [0.5, 0.6) is 5.75 Å². The van der Waals surface area contributed by atoms with Crippen molar-refractivity contribution < 1.29 is 9.53 Å². The number of ether oxygens (including phenoxy) is 1. The van der Waals surface area contributed by atoms with Crippen molar-refractivity contribution in [2.45, 2.75) is 46.6 Å². The van der Waals surface area contributed by atoms with Gasteiger partial charge in [0.05, 0.1) is 12.6 Å². The number of carbonyl (C=O) groups excluding carboxylic acids is 1. The fraction of sp³-hybridized carbons (Fsp3) is 0.588. The van der Waals surface area contributed by atoms with E-state index in [1.807, 2.05) is 38.1 Å². The summed E-state index contributed by atoms with van der Waals surface area (Å²) >= 11 is 0. The van der Waals surface area contributed by atoms with Gasteiger partial charge in [0.2, 0.25) is 0 Å². The molecule has 4 heteroatoms. The SMILES string of the molecule is CCOc1ccc(C(C)NC(=O)NCC(CC)CC)cc1. The molecule has 0 heterocycles. The van der Waals surface area contributed by atoms with Crippen LogP contribution in [-0.2, 0) is 0 Å².